The van der Waals surface area contributed by atoms with Crippen LogP contribution < -0.4 is 5.73 Å². The highest BCUT2D eigenvalue weighted by Gasteiger charge is 2.23. The van der Waals surface area contributed by atoms with Gasteiger partial charge < -0.3 is 5.73 Å². The molecule has 0 saturated carbocycles. The summed E-state index contributed by atoms with van der Waals surface area (Å²) in [6.07, 6.45) is 3.41. The van der Waals surface area contributed by atoms with Crippen LogP contribution in [0, 0.1) is 0 Å². The van der Waals surface area contributed by atoms with E-state index in [-0.39, 0.29) is 6.04 Å². The lowest BCUT2D eigenvalue weighted by atomic mass is 9.92. The third-order valence-electron chi connectivity index (χ3n) is 4.07. The van der Waals surface area contributed by atoms with Gasteiger partial charge in [0, 0.05) is 12.0 Å². The first-order chi connectivity index (χ1) is 9.24. The molecule has 1 unspecified atom stereocenters. The minimum Gasteiger partial charge on any atom is -0.328 e. The molecule has 3 rings (SSSR count). The summed E-state index contributed by atoms with van der Waals surface area (Å²) >= 11 is 0. The van der Waals surface area contributed by atoms with Gasteiger partial charge in [0.25, 0.3) is 0 Å². The van der Waals surface area contributed by atoms with Gasteiger partial charge in [0.05, 0.1) is 0 Å². The van der Waals surface area contributed by atoms with E-state index in [0.29, 0.717) is 5.92 Å². The van der Waals surface area contributed by atoms with Crippen LogP contribution in [-0.4, -0.2) is 6.04 Å². The molecule has 0 spiro atoms. The fraction of sp³-hybridized carbons (Fsp3) is 0.333. The van der Waals surface area contributed by atoms with Crippen LogP contribution in [0.15, 0.2) is 48.5 Å². The van der Waals surface area contributed by atoms with Crippen molar-refractivity contribution in [2.24, 2.45) is 5.73 Å². The number of fused-ring (bicyclic) bond motifs is 1. The summed E-state index contributed by atoms with van der Waals surface area (Å²) in [6.45, 7) is 2.06. The summed E-state index contributed by atoms with van der Waals surface area (Å²) in [4.78, 5) is 0. The lowest BCUT2D eigenvalue weighted by Crippen LogP contribution is -2.17. The van der Waals surface area contributed by atoms with E-state index < -0.39 is 0 Å². The highest BCUT2D eigenvalue weighted by Crippen LogP contribution is 2.37. The molecule has 19 heavy (non-hydrogen) atoms. The minimum absolute atomic E-state index is 0.234. The molecule has 1 aliphatic carbocycles. The monoisotopic (exact) mass is 251 g/mol. The quantitative estimate of drug-likeness (QED) is 0.885. The molecule has 2 atom stereocenters. The van der Waals surface area contributed by atoms with Crippen molar-refractivity contribution in [1.82, 2.24) is 0 Å². The molecule has 2 N–H and O–H groups in total. The first-order valence-corrected chi connectivity index (χ1v) is 7.16. The number of hydrogen-bond acceptors (Lipinski definition) is 1. The van der Waals surface area contributed by atoms with Gasteiger partial charge in [0.2, 0.25) is 0 Å². The second kappa shape index (κ2) is 5.18. The van der Waals surface area contributed by atoms with Gasteiger partial charge in [-0.3, -0.25) is 0 Å². The third-order valence-corrected chi connectivity index (χ3v) is 4.07. The second-order valence-corrected chi connectivity index (χ2v) is 5.71. The molecule has 1 aliphatic rings. The van der Waals surface area contributed by atoms with Crippen molar-refractivity contribution < 1.29 is 0 Å². The van der Waals surface area contributed by atoms with Crippen LogP contribution in [0.3, 0.4) is 0 Å². The van der Waals surface area contributed by atoms with Crippen LogP contribution in [0.5, 0.6) is 0 Å². The van der Waals surface area contributed by atoms with Gasteiger partial charge in [0.15, 0.2) is 0 Å². The van der Waals surface area contributed by atoms with Crippen LogP contribution in [0.4, 0.5) is 0 Å². The molecule has 0 bridgehead atoms. The Bertz CT molecular complexity index is 554. The maximum Gasteiger partial charge on any atom is 0.00952 e. The van der Waals surface area contributed by atoms with Crippen molar-refractivity contribution >= 4 is 0 Å². The van der Waals surface area contributed by atoms with Gasteiger partial charge >= 0.3 is 0 Å². The predicted molar refractivity (Wildman–Crippen MR) is 80.4 cm³/mol. The molecule has 0 aliphatic heterocycles. The van der Waals surface area contributed by atoms with Crippen molar-refractivity contribution in [3.05, 3.63) is 70.8 Å². The first-order valence-electron chi connectivity index (χ1n) is 7.16. The topological polar surface area (TPSA) is 26.0 Å². The van der Waals surface area contributed by atoms with E-state index in [1.165, 1.54) is 35.1 Å². The third kappa shape index (κ3) is 2.57. The van der Waals surface area contributed by atoms with Crippen LogP contribution >= 0.6 is 0 Å². The fourth-order valence-corrected chi connectivity index (χ4v) is 3.16. The van der Waals surface area contributed by atoms with Crippen molar-refractivity contribution in [2.45, 2.75) is 38.1 Å². The van der Waals surface area contributed by atoms with Crippen molar-refractivity contribution in [3.8, 4) is 0 Å². The highest BCUT2D eigenvalue weighted by atomic mass is 14.6. The van der Waals surface area contributed by atoms with E-state index in [4.69, 9.17) is 5.73 Å². The first kappa shape index (κ1) is 12.4. The molecule has 0 radical (unpaired) electrons. The Morgan fingerprint density at radius 3 is 2.58 bits per heavy atom. The standard InChI is InChI=1S/C18H21N/c1-13(19)12-14-6-8-16(9-7-14)18-11-10-15-4-2-3-5-17(15)18/h2-9,13,18H,10-12,19H2,1H3/t13-,18?/m1/s1. The van der Waals surface area contributed by atoms with Gasteiger partial charge in [-0.2, -0.15) is 0 Å². The number of rotatable bonds is 3. The van der Waals surface area contributed by atoms with E-state index in [1.807, 2.05) is 0 Å². The summed E-state index contributed by atoms with van der Waals surface area (Å²) in [5, 5.41) is 0. The zero-order valence-corrected chi connectivity index (χ0v) is 11.5. The average molecular weight is 251 g/mol. The van der Waals surface area contributed by atoms with Crippen LogP contribution in [0.25, 0.3) is 0 Å². The molecule has 0 heterocycles. The van der Waals surface area contributed by atoms with Crippen LogP contribution in [0.1, 0.15) is 41.5 Å². The summed E-state index contributed by atoms with van der Waals surface area (Å²) in [7, 11) is 0. The van der Waals surface area contributed by atoms with Gasteiger partial charge in [-0.15, -0.1) is 0 Å². The zero-order chi connectivity index (χ0) is 13.2. The molecular formula is C18H21N. The molecule has 1 nitrogen and oxygen atoms in total. The van der Waals surface area contributed by atoms with Gasteiger partial charge in [0.1, 0.15) is 0 Å². The number of hydrogen-bond donors (Lipinski definition) is 1. The second-order valence-electron chi connectivity index (χ2n) is 5.71. The Hall–Kier alpha value is -1.60. The van der Waals surface area contributed by atoms with Gasteiger partial charge in [-0.25, -0.2) is 0 Å². The van der Waals surface area contributed by atoms with Gasteiger partial charge in [-0.1, -0.05) is 48.5 Å². The van der Waals surface area contributed by atoms with E-state index in [2.05, 4.69) is 55.5 Å². The molecule has 2 aromatic rings. The molecule has 0 amide bonds. The Labute approximate surface area is 115 Å². The molecule has 0 fully saturated rings. The Morgan fingerprint density at radius 1 is 1.11 bits per heavy atom. The highest BCUT2D eigenvalue weighted by molar-refractivity contribution is 5.42. The molecule has 0 saturated heterocycles. The summed E-state index contributed by atoms with van der Waals surface area (Å²) < 4.78 is 0. The van der Waals surface area contributed by atoms with Crippen LogP contribution in [-0.2, 0) is 12.8 Å². The van der Waals surface area contributed by atoms with E-state index in [1.54, 1.807) is 0 Å². The SMILES string of the molecule is C[C@@H](N)Cc1ccc(C2CCc3ccccc32)cc1. The molecular weight excluding hydrogens is 230 g/mol. The Morgan fingerprint density at radius 2 is 1.84 bits per heavy atom. The maximum absolute atomic E-state index is 5.85. The van der Waals surface area contributed by atoms with Gasteiger partial charge in [-0.05, 0) is 48.4 Å². The Kier molecular flexibility index (Phi) is 3.39. The number of nitrogens with two attached hydrogens (primary N) is 1. The average Bonchev–Trinajstić information content (AvgIpc) is 2.83. The fourth-order valence-electron chi connectivity index (χ4n) is 3.16. The van der Waals surface area contributed by atoms with E-state index in [0.717, 1.165) is 6.42 Å². The Balaban J connectivity index is 1.84. The number of aryl methyl sites for hydroxylation is 1. The summed E-state index contributed by atoms with van der Waals surface area (Å²) in [5.41, 5.74) is 11.7. The van der Waals surface area contributed by atoms with Crippen LogP contribution in [0.2, 0.25) is 0 Å². The summed E-state index contributed by atoms with van der Waals surface area (Å²) in [5.74, 6) is 0.584. The predicted octanol–water partition coefficient (Wildman–Crippen LogP) is 3.65. The maximum atomic E-state index is 5.85. The van der Waals surface area contributed by atoms with E-state index >= 15 is 0 Å². The molecule has 1 heteroatoms. The van der Waals surface area contributed by atoms with Crippen molar-refractivity contribution in [2.75, 3.05) is 0 Å². The molecule has 2 aromatic carbocycles. The lowest BCUT2D eigenvalue weighted by molar-refractivity contribution is 0.736. The van der Waals surface area contributed by atoms with Crippen molar-refractivity contribution in [1.29, 1.82) is 0 Å². The zero-order valence-electron chi connectivity index (χ0n) is 11.5. The normalized spacial score (nSPS) is 19.2. The molecule has 0 aromatic heterocycles. The van der Waals surface area contributed by atoms with E-state index in [9.17, 15) is 0 Å². The minimum atomic E-state index is 0.234. The smallest absolute Gasteiger partial charge is 0.00952 e. The number of benzene rings is 2. The largest absolute Gasteiger partial charge is 0.328 e. The summed E-state index contributed by atoms with van der Waals surface area (Å²) in [6, 6.07) is 18.1. The van der Waals surface area contributed by atoms with Crippen molar-refractivity contribution in [3.63, 3.8) is 0 Å². The lowest BCUT2D eigenvalue weighted by Gasteiger charge is -2.13. The molecule has 98 valence electrons.